The van der Waals surface area contributed by atoms with Crippen LogP contribution in [0, 0.1) is 6.92 Å². The normalized spacial score (nSPS) is 21.2. The average molecular weight is 258 g/mol. The van der Waals surface area contributed by atoms with Crippen LogP contribution in [0.1, 0.15) is 18.1 Å². The topological polar surface area (TPSA) is 15.3 Å². The molecule has 1 N–H and O–H groups in total. The highest BCUT2D eigenvalue weighted by Crippen LogP contribution is 2.34. The number of hydrogen-bond acceptors (Lipinski definition) is 2. The van der Waals surface area contributed by atoms with Gasteiger partial charge in [0, 0.05) is 31.4 Å². The zero-order valence-electron chi connectivity index (χ0n) is 10.5. The number of alkyl halides is 3. The third-order valence-electron chi connectivity index (χ3n) is 3.36. The van der Waals surface area contributed by atoms with Crippen molar-refractivity contribution in [3.8, 4) is 0 Å². The molecular formula is C13H17F3N2. The van der Waals surface area contributed by atoms with Gasteiger partial charge in [0.1, 0.15) is 0 Å². The van der Waals surface area contributed by atoms with Crippen LogP contribution in [0.15, 0.2) is 18.2 Å². The molecule has 0 aromatic heterocycles. The summed E-state index contributed by atoms with van der Waals surface area (Å²) in [4.78, 5) is 2.02. The van der Waals surface area contributed by atoms with Gasteiger partial charge < -0.3 is 10.2 Å². The van der Waals surface area contributed by atoms with Crippen LogP contribution < -0.4 is 10.2 Å². The predicted molar refractivity (Wildman–Crippen MR) is 65.9 cm³/mol. The zero-order chi connectivity index (χ0) is 13.3. The monoisotopic (exact) mass is 258 g/mol. The van der Waals surface area contributed by atoms with E-state index >= 15 is 0 Å². The molecule has 0 spiro atoms. The summed E-state index contributed by atoms with van der Waals surface area (Å²) in [5, 5.41) is 3.23. The second kappa shape index (κ2) is 4.80. The second-order valence-electron chi connectivity index (χ2n) is 4.74. The first-order chi connectivity index (χ1) is 8.39. The van der Waals surface area contributed by atoms with Gasteiger partial charge >= 0.3 is 6.18 Å². The molecule has 2 rings (SSSR count). The van der Waals surface area contributed by atoms with Crippen LogP contribution in [0.25, 0.3) is 0 Å². The fourth-order valence-electron chi connectivity index (χ4n) is 2.32. The average Bonchev–Trinajstić information content (AvgIpc) is 2.29. The highest BCUT2D eigenvalue weighted by molar-refractivity contribution is 5.52. The van der Waals surface area contributed by atoms with Gasteiger partial charge in [0.15, 0.2) is 0 Å². The second-order valence-corrected chi connectivity index (χ2v) is 4.74. The molecule has 1 fully saturated rings. The van der Waals surface area contributed by atoms with Gasteiger partial charge in [-0.15, -0.1) is 0 Å². The molecule has 1 unspecified atom stereocenters. The van der Waals surface area contributed by atoms with Crippen LogP contribution in [0.2, 0.25) is 0 Å². The maximum Gasteiger partial charge on any atom is 0.416 e. The van der Waals surface area contributed by atoms with E-state index in [9.17, 15) is 13.2 Å². The van der Waals surface area contributed by atoms with Crippen LogP contribution in [-0.4, -0.2) is 25.7 Å². The SMILES string of the molecule is Cc1ccc(N2CCNCC2C)cc1C(F)(F)F. The summed E-state index contributed by atoms with van der Waals surface area (Å²) in [6, 6.07) is 4.79. The largest absolute Gasteiger partial charge is 0.416 e. The number of halogens is 3. The summed E-state index contributed by atoms with van der Waals surface area (Å²) in [6.07, 6.45) is -4.28. The maximum absolute atomic E-state index is 12.9. The Hall–Kier alpha value is -1.23. The van der Waals surface area contributed by atoms with Crippen molar-refractivity contribution in [1.82, 2.24) is 5.32 Å². The molecule has 1 atom stereocenters. The van der Waals surface area contributed by atoms with E-state index in [-0.39, 0.29) is 11.6 Å². The van der Waals surface area contributed by atoms with E-state index in [1.54, 1.807) is 12.1 Å². The third-order valence-corrected chi connectivity index (χ3v) is 3.36. The van der Waals surface area contributed by atoms with E-state index < -0.39 is 11.7 Å². The fraction of sp³-hybridized carbons (Fsp3) is 0.538. The summed E-state index contributed by atoms with van der Waals surface area (Å²) in [7, 11) is 0. The summed E-state index contributed by atoms with van der Waals surface area (Å²) >= 11 is 0. The first-order valence-electron chi connectivity index (χ1n) is 6.05. The molecule has 1 saturated heterocycles. The number of nitrogens with zero attached hydrogens (tertiary/aromatic N) is 1. The van der Waals surface area contributed by atoms with Crippen molar-refractivity contribution >= 4 is 5.69 Å². The van der Waals surface area contributed by atoms with E-state index in [0.717, 1.165) is 19.6 Å². The minimum absolute atomic E-state index is 0.211. The van der Waals surface area contributed by atoms with E-state index in [0.29, 0.717) is 5.69 Å². The van der Waals surface area contributed by atoms with Gasteiger partial charge in [-0.2, -0.15) is 13.2 Å². The molecule has 0 radical (unpaired) electrons. The van der Waals surface area contributed by atoms with Crippen molar-refractivity contribution in [2.24, 2.45) is 0 Å². The maximum atomic E-state index is 12.9. The minimum Gasteiger partial charge on any atom is -0.366 e. The molecule has 1 aromatic carbocycles. The standard InChI is InChI=1S/C13H17F3N2/c1-9-3-4-11(7-12(9)13(14,15)16)18-6-5-17-8-10(18)2/h3-4,7,10,17H,5-6,8H2,1-2H3. The number of benzene rings is 1. The van der Waals surface area contributed by atoms with E-state index in [1.165, 1.54) is 13.0 Å². The Bertz CT molecular complexity index is 429. The first-order valence-corrected chi connectivity index (χ1v) is 6.05. The number of nitrogens with one attached hydrogen (secondary N) is 1. The van der Waals surface area contributed by atoms with Crippen molar-refractivity contribution in [2.75, 3.05) is 24.5 Å². The van der Waals surface area contributed by atoms with Gasteiger partial charge in [-0.05, 0) is 31.5 Å². The Morgan fingerprint density at radius 1 is 1.33 bits per heavy atom. The molecule has 100 valence electrons. The molecule has 1 aliphatic heterocycles. The van der Waals surface area contributed by atoms with E-state index in [2.05, 4.69) is 5.32 Å². The molecule has 5 heteroatoms. The van der Waals surface area contributed by atoms with Crippen LogP contribution in [0.4, 0.5) is 18.9 Å². The summed E-state index contributed by atoms with van der Waals surface area (Å²) in [6.45, 7) is 5.85. The molecule has 1 heterocycles. The number of rotatable bonds is 1. The van der Waals surface area contributed by atoms with E-state index in [4.69, 9.17) is 0 Å². The third kappa shape index (κ3) is 2.61. The van der Waals surface area contributed by atoms with Gasteiger partial charge in [-0.1, -0.05) is 6.07 Å². The van der Waals surface area contributed by atoms with Gasteiger partial charge in [0.25, 0.3) is 0 Å². The molecule has 0 aliphatic carbocycles. The Labute approximate surface area is 105 Å². The molecule has 2 nitrogen and oxygen atoms in total. The van der Waals surface area contributed by atoms with Crippen LogP contribution in [-0.2, 0) is 6.18 Å². The molecule has 1 aromatic rings. The van der Waals surface area contributed by atoms with Crippen molar-refractivity contribution in [3.05, 3.63) is 29.3 Å². The summed E-state index contributed by atoms with van der Waals surface area (Å²) in [5.74, 6) is 0. The predicted octanol–water partition coefficient (Wildman–Crippen LogP) is 2.81. The number of aryl methyl sites for hydroxylation is 1. The molecule has 18 heavy (non-hydrogen) atoms. The van der Waals surface area contributed by atoms with Crippen LogP contribution in [0.3, 0.4) is 0 Å². The summed E-state index contributed by atoms with van der Waals surface area (Å²) in [5.41, 5.74) is 0.390. The Kier molecular flexibility index (Phi) is 3.52. The first kappa shape index (κ1) is 13.2. The van der Waals surface area contributed by atoms with Gasteiger partial charge in [0.05, 0.1) is 5.56 Å². The lowest BCUT2D eigenvalue weighted by atomic mass is 10.1. The minimum atomic E-state index is -4.28. The van der Waals surface area contributed by atoms with Crippen molar-refractivity contribution in [1.29, 1.82) is 0 Å². The number of piperazine rings is 1. The lowest BCUT2D eigenvalue weighted by Crippen LogP contribution is -2.50. The smallest absolute Gasteiger partial charge is 0.366 e. The number of anilines is 1. The lowest BCUT2D eigenvalue weighted by molar-refractivity contribution is -0.138. The molecule has 0 saturated carbocycles. The fourth-order valence-corrected chi connectivity index (χ4v) is 2.32. The molecule has 0 bridgehead atoms. The quantitative estimate of drug-likeness (QED) is 0.833. The Morgan fingerprint density at radius 2 is 2.06 bits per heavy atom. The Morgan fingerprint density at radius 3 is 2.67 bits per heavy atom. The van der Waals surface area contributed by atoms with Crippen LogP contribution >= 0.6 is 0 Å². The number of hydrogen-bond donors (Lipinski definition) is 1. The molecular weight excluding hydrogens is 241 g/mol. The van der Waals surface area contributed by atoms with Crippen molar-refractivity contribution in [2.45, 2.75) is 26.1 Å². The highest BCUT2D eigenvalue weighted by Gasteiger charge is 2.33. The summed E-state index contributed by atoms with van der Waals surface area (Å²) < 4.78 is 38.6. The van der Waals surface area contributed by atoms with Crippen LogP contribution in [0.5, 0.6) is 0 Å². The molecule has 1 aliphatic rings. The van der Waals surface area contributed by atoms with Gasteiger partial charge in [0.2, 0.25) is 0 Å². The van der Waals surface area contributed by atoms with Crippen molar-refractivity contribution in [3.63, 3.8) is 0 Å². The Balaban J connectivity index is 2.34. The van der Waals surface area contributed by atoms with Crippen molar-refractivity contribution < 1.29 is 13.2 Å². The van der Waals surface area contributed by atoms with Gasteiger partial charge in [-0.25, -0.2) is 0 Å². The zero-order valence-corrected chi connectivity index (χ0v) is 10.5. The van der Waals surface area contributed by atoms with Gasteiger partial charge in [-0.3, -0.25) is 0 Å². The highest BCUT2D eigenvalue weighted by atomic mass is 19.4. The molecule has 0 amide bonds. The van der Waals surface area contributed by atoms with E-state index in [1.807, 2.05) is 11.8 Å². The lowest BCUT2D eigenvalue weighted by Gasteiger charge is -2.36.